The Kier molecular flexibility index (Phi) is 3.93. The van der Waals surface area contributed by atoms with Gasteiger partial charge in [0, 0.05) is 37.3 Å². The highest BCUT2D eigenvalue weighted by atomic mass is 32.1. The predicted octanol–water partition coefficient (Wildman–Crippen LogP) is 2.39. The van der Waals surface area contributed by atoms with Crippen LogP contribution in [-0.2, 0) is 6.54 Å². The number of aromatic nitrogens is 2. The maximum absolute atomic E-state index is 13.2. The standard InChI is InChI=1S/C14H17FN4S/c1-11-9-18(10-14-16-5-8-20-14)6-7-19(11)13-4-2-3-12(15)17-13/h2-5,8,11H,6-7,9-10H2,1H3. The first kappa shape index (κ1) is 13.5. The summed E-state index contributed by atoms with van der Waals surface area (Å²) in [5.41, 5.74) is 0. The van der Waals surface area contributed by atoms with Crippen LogP contribution in [0, 0.1) is 5.95 Å². The maximum atomic E-state index is 13.2. The Morgan fingerprint density at radius 3 is 3.00 bits per heavy atom. The Labute approximate surface area is 121 Å². The van der Waals surface area contributed by atoms with Gasteiger partial charge in [0.1, 0.15) is 10.8 Å². The maximum Gasteiger partial charge on any atom is 0.214 e. The van der Waals surface area contributed by atoms with E-state index in [0.29, 0.717) is 6.04 Å². The van der Waals surface area contributed by atoms with Crippen LogP contribution in [0.1, 0.15) is 11.9 Å². The fourth-order valence-corrected chi connectivity index (χ4v) is 3.25. The van der Waals surface area contributed by atoms with Crippen LogP contribution >= 0.6 is 11.3 Å². The lowest BCUT2D eigenvalue weighted by Gasteiger charge is -2.40. The second kappa shape index (κ2) is 5.85. The molecule has 1 fully saturated rings. The van der Waals surface area contributed by atoms with Crippen LogP contribution in [0.3, 0.4) is 0 Å². The van der Waals surface area contributed by atoms with Gasteiger partial charge in [-0.05, 0) is 19.1 Å². The summed E-state index contributed by atoms with van der Waals surface area (Å²) in [5.74, 6) is 0.311. The van der Waals surface area contributed by atoms with Gasteiger partial charge in [-0.1, -0.05) is 6.07 Å². The molecule has 4 nitrogen and oxygen atoms in total. The number of thiazole rings is 1. The van der Waals surface area contributed by atoms with Crippen molar-refractivity contribution >= 4 is 17.2 Å². The monoisotopic (exact) mass is 292 g/mol. The molecule has 0 amide bonds. The zero-order chi connectivity index (χ0) is 13.9. The van der Waals surface area contributed by atoms with Crippen LogP contribution < -0.4 is 4.90 Å². The molecule has 3 rings (SSSR count). The molecule has 1 aliphatic heterocycles. The van der Waals surface area contributed by atoms with Crippen molar-refractivity contribution in [3.05, 3.63) is 40.7 Å². The summed E-state index contributed by atoms with van der Waals surface area (Å²) < 4.78 is 13.2. The van der Waals surface area contributed by atoms with E-state index < -0.39 is 5.95 Å². The van der Waals surface area contributed by atoms with E-state index in [4.69, 9.17) is 0 Å². The quantitative estimate of drug-likeness (QED) is 0.813. The Bertz CT molecular complexity index is 560. The molecule has 106 valence electrons. The van der Waals surface area contributed by atoms with Gasteiger partial charge in [-0.3, -0.25) is 4.90 Å². The van der Waals surface area contributed by atoms with E-state index in [-0.39, 0.29) is 0 Å². The van der Waals surface area contributed by atoms with Gasteiger partial charge in [-0.15, -0.1) is 11.3 Å². The van der Waals surface area contributed by atoms with Crippen molar-refractivity contribution in [2.45, 2.75) is 19.5 Å². The normalized spacial score (nSPS) is 20.3. The molecule has 6 heteroatoms. The van der Waals surface area contributed by atoms with E-state index in [1.165, 1.54) is 6.07 Å². The second-order valence-corrected chi connectivity index (χ2v) is 6.00. The van der Waals surface area contributed by atoms with Crippen LogP contribution in [0.2, 0.25) is 0 Å². The van der Waals surface area contributed by atoms with Crippen molar-refractivity contribution in [3.8, 4) is 0 Å². The Balaban J connectivity index is 1.65. The molecule has 0 aromatic carbocycles. The van der Waals surface area contributed by atoms with E-state index in [0.717, 1.165) is 37.0 Å². The molecule has 1 saturated heterocycles. The molecule has 0 N–H and O–H groups in total. The summed E-state index contributed by atoms with van der Waals surface area (Å²) in [7, 11) is 0. The predicted molar refractivity (Wildman–Crippen MR) is 78.4 cm³/mol. The minimum absolute atomic E-state index is 0.318. The highest BCUT2D eigenvalue weighted by Crippen LogP contribution is 2.20. The second-order valence-electron chi connectivity index (χ2n) is 5.02. The van der Waals surface area contributed by atoms with Crippen molar-refractivity contribution in [1.82, 2.24) is 14.9 Å². The highest BCUT2D eigenvalue weighted by Gasteiger charge is 2.25. The topological polar surface area (TPSA) is 32.3 Å². The third-order valence-electron chi connectivity index (χ3n) is 3.55. The number of piperazine rings is 1. The first-order valence-electron chi connectivity index (χ1n) is 6.72. The largest absolute Gasteiger partial charge is 0.351 e. The lowest BCUT2D eigenvalue weighted by molar-refractivity contribution is 0.220. The van der Waals surface area contributed by atoms with E-state index in [1.54, 1.807) is 17.4 Å². The Hall–Kier alpha value is -1.53. The van der Waals surface area contributed by atoms with Crippen LogP contribution in [0.25, 0.3) is 0 Å². The molecule has 0 aliphatic carbocycles. The van der Waals surface area contributed by atoms with Crippen molar-refractivity contribution < 1.29 is 4.39 Å². The molecular weight excluding hydrogens is 275 g/mol. The molecule has 2 aromatic rings. The van der Waals surface area contributed by atoms with Gasteiger partial charge in [0.2, 0.25) is 5.95 Å². The van der Waals surface area contributed by atoms with Crippen molar-refractivity contribution in [3.63, 3.8) is 0 Å². The van der Waals surface area contributed by atoms with Gasteiger partial charge in [0.05, 0.1) is 6.54 Å². The van der Waals surface area contributed by atoms with Crippen molar-refractivity contribution in [1.29, 1.82) is 0 Å². The van der Waals surface area contributed by atoms with E-state index >= 15 is 0 Å². The van der Waals surface area contributed by atoms with Crippen molar-refractivity contribution in [2.24, 2.45) is 0 Å². The summed E-state index contributed by atoms with van der Waals surface area (Å²) in [6.45, 7) is 5.80. The average Bonchev–Trinajstić information content (AvgIpc) is 2.92. The third kappa shape index (κ3) is 2.96. The van der Waals surface area contributed by atoms with Crippen LogP contribution in [0.4, 0.5) is 10.2 Å². The minimum Gasteiger partial charge on any atom is -0.351 e. The fourth-order valence-electron chi connectivity index (χ4n) is 2.60. The van der Waals surface area contributed by atoms with Gasteiger partial charge >= 0.3 is 0 Å². The number of halogens is 1. The van der Waals surface area contributed by atoms with Gasteiger partial charge in [0.25, 0.3) is 0 Å². The first-order valence-corrected chi connectivity index (χ1v) is 7.60. The average molecular weight is 292 g/mol. The molecule has 1 aliphatic rings. The van der Waals surface area contributed by atoms with Crippen LogP contribution in [0.5, 0.6) is 0 Å². The zero-order valence-corrected chi connectivity index (χ0v) is 12.2. The summed E-state index contributed by atoms with van der Waals surface area (Å²) >= 11 is 1.69. The van der Waals surface area contributed by atoms with Crippen LogP contribution in [0.15, 0.2) is 29.8 Å². The molecule has 1 unspecified atom stereocenters. The molecule has 0 bridgehead atoms. The fraction of sp³-hybridized carbons (Fsp3) is 0.429. The molecule has 20 heavy (non-hydrogen) atoms. The third-order valence-corrected chi connectivity index (χ3v) is 4.31. The molecular formula is C14H17FN4S. The summed E-state index contributed by atoms with van der Waals surface area (Å²) in [4.78, 5) is 12.9. The van der Waals surface area contributed by atoms with Gasteiger partial charge in [0.15, 0.2) is 0 Å². The van der Waals surface area contributed by atoms with E-state index in [9.17, 15) is 4.39 Å². The SMILES string of the molecule is CC1CN(Cc2nccs2)CCN1c1cccc(F)n1. The van der Waals surface area contributed by atoms with E-state index in [1.807, 2.05) is 17.6 Å². The number of hydrogen-bond donors (Lipinski definition) is 0. The number of anilines is 1. The summed E-state index contributed by atoms with van der Waals surface area (Å²) in [6.07, 6.45) is 1.84. The van der Waals surface area contributed by atoms with Crippen LogP contribution in [-0.4, -0.2) is 40.5 Å². The van der Waals surface area contributed by atoms with E-state index in [2.05, 4.69) is 26.7 Å². The molecule has 0 saturated carbocycles. The van der Waals surface area contributed by atoms with Gasteiger partial charge < -0.3 is 4.90 Å². The molecule has 0 radical (unpaired) electrons. The minimum atomic E-state index is -0.417. The lowest BCUT2D eigenvalue weighted by Crippen LogP contribution is -2.51. The summed E-state index contributed by atoms with van der Waals surface area (Å²) in [5, 5.41) is 3.15. The number of rotatable bonds is 3. The molecule has 1 atom stereocenters. The Morgan fingerprint density at radius 2 is 2.30 bits per heavy atom. The lowest BCUT2D eigenvalue weighted by atomic mass is 10.2. The highest BCUT2D eigenvalue weighted by molar-refractivity contribution is 7.09. The number of pyridine rings is 1. The zero-order valence-electron chi connectivity index (χ0n) is 11.4. The molecule has 0 spiro atoms. The first-order chi connectivity index (χ1) is 9.72. The Morgan fingerprint density at radius 1 is 1.40 bits per heavy atom. The van der Waals surface area contributed by atoms with Crippen molar-refractivity contribution in [2.75, 3.05) is 24.5 Å². The number of hydrogen-bond acceptors (Lipinski definition) is 5. The molecule has 2 aromatic heterocycles. The van der Waals surface area contributed by atoms with Gasteiger partial charge in [-0.2, -0.15) is 4.39 Å². The number of nitrogens with zero attached hydrogens (tertiary/aromatic N) is 4. The molecule has 3 heterocycles. The smallest absolute Gasteiger partial charge is 0.214 e. The summed E-state index contributed by atoms with van der Waals surface area (Å²) in [6, 6.07) is 5.29. The van der Waals surface area contributed by atoms with Gasteiger partial charge in [-0.25, -0.2) is 9.97 Å².